The topological polar surface area (TPSA) is 68.7 Å². The Kier molecular flexibility index (Phi) is 2.97. The van der Waals surface area contributed by atoms with Crippen molar-refractivity contribution < 1.29 is 17.9 Å². The molecule has 2 heterocycles. The van der Waals surface area contributed by atoms with Gasteiger partial charge in [-0.1, -0.05) is 6.07 Å². The third-order valence-corrected chi connectivity index (χ3v) is 5.51. The highest BCUT2D eigenvalue weighted by Crippen LogP contribution is 2.39. The van der Waals surface area contributed by atoms with Crippen molar-refractivity contribution in [2.45, 2.75) is 23.8 Å². The van der Waals surface area contributed by atoms with Crippen molar-refractivity contribution in [2.75, 3.05) is 11.1 Å². The Morgan fingerprint density at radius 1 is 1.09 bits per heavy atom. The summed E-state index contributed by atoms with van der Waals surface area (Å²) in [7, 11) is -3.68. The molecule has 0 amide bonds. The summed E-state index contributed by atoms with van der Waals surface area (Å²) in [5.41, 5.74) is 0. The molecule has 0 saturated heterocycles. The van der Waals surface area contributed by atoms with Crippen molar-refractivity contribution in [3.63, 3.8) is 0 Å². The molecule has 1 aromatic carbocycles. The summed E-state index contributed by atoms with van der Waals surface area (Å²) < 4.78 is 37.9. The molecule has 0 bridgehead atoms. The Morgan fingerprint density at radius 3 is 2.64 bits per heavy atom. The summed E-state index contributed by atoms with van der Waals surface area (Å²) in [6.07, 6.45) is 3.29. The maximum Gasteiger partial charge on any atom is 0.265 e. The zero-order valence-corrected chi connectivity index (χ0v) is 12.5. The van der Waals surface area contributed by atoms with Gasteiger partial charge in [-0.25, -0.2) is 17.7 Å². The lowest BCUT2D eigenvalue weighted by Gasteiger charge is -2.23. The van der Waals surface area contributed by atoms with E-state index in [4.69, 9.17) is 9.47 Å². The number of anilines is 1. The average molecular weight is 318 g/mol. The summed E-state index contributed by atoms with van der Waals surface area (Å²) in [4.78, 5) is 4.38. The third kappa shape index (κ3) is 2.18. The Balaban J connectivity index is 1.78. The van der Waals surface area contributed by atoms with Gasteiger partial charge in [-0.05, 0) is 37.1 Å². The molecular weight excluding hydrogens is 304 g/mol. The lowest BCUT2D eigenvalue weighted by Crippen LogP contribution is -2.33. The number of rotatable bonds is 4. The number of fused-ring (bicyclic) bond motifs is 1. The molecule has 0 atom stereocenters. The van der Waals surface area contributed by atoms with E-state index < -0.39 is 10.0 Å². The second-order valence-corrected chi connectivity index (χ2v) is 7.05. The van der Waals surface area contributed by atoms with Gasteiger partial charge in [-0.2, -0.15) is 0 Å². The van der Waals surface area contributed by atoms with Gasteiger partial charge in [0.15, 0.2) is 11.5 Å². The molecule has 2 aromatic rings. The van der Waals surface area contributed by atoms with Crippen molar-refractivity contribution in [1.29, 1.82) is 0 Å². The smallest absolute Gasteiger partial charge is 0.265 e. The van der Waals surface area contributed by atoms with Crippen LogP contribution >= 0.6 is 0 Å². The van der Waals surface area contributed by atoms with Crippen molar-refractivity contribution >= 4 is 15.8 Å². The highest BCUT2D eigenvalue weighted by molar-refractivity contribution is 7.92. The molecule has 0 radical (unpaired) electrons. The van der Waals surface area contributed by atoms with E-state index in [2.05, 4.69) is 4.98 Å². The van der Waals surface area contributed by atoms with Crippen LogP contribution in [0, 0.1) is 0 Å². The molecule has 1 aromatic heterocycles. The Labute approximate surface area is 128 Å². The van der Waals surface area contributed by atoms with Crippen LogP contribution in [0.15, 0.2) is 47.5 Å². The first-order valence-electron chi connectivity index (χ1n) is 7.01. The Hall–Kier alpha value is -2.28. The molecule has 1 saturated carbocycles. The lowest BCUT2D eigenvalue weighted by atomic mass is 10.3. The maximum atomic E-state index is 13.0. The van der Waals surface area contributed by atoms with Gasteiger partial charge >= 0.3 is 0 Å². The molecule has 2 aliphatic rings. The number of hydrogen-bond acceptors (Lipinski definition) is 5. The molecule has 7 heteroatoms. The summed E-state index contributed by atoms with van der Waals surface area (Å²) in [5.74, 6) is 1.47. The summed E-state index contributed by atoms with van der Waals surface area (Å²) >= 11 is 0. The van der Waals surface area contributed by atoms with Crippen LogP contribution in [-0.4, -0.2) is 26.2 Å². The highest BCUT2D eigenvalue weighted by Gasteiger charge is 2.39. The van der Waals surface area contributed by atoms with Gasteiger partial charge in [-0.15, -0.1) is 0 Å². The number of aromatic nitrogens is 1. The molecule has 6 nitrogen and oxygen atoms in total. The molecule has 1 fully saturated rings. The molecular formula is C15H14N2O4S. The number of ether oxygens (including phenoxy) is 2. The predicted molar refractivity (Wildman–Crippen MR) is 79.5 cm³/mol. The molecule has 4 rings (SSSR count). The van der Waals surface area contributed by atoms with E-state index in [0.717, 1.165) is 12.8 Å². The van der Waals surface area contributed by atoms with E-state index in [1.54, 1.807) is 36.5 Å². The maximum absolute atomic E-state index is 13.0. The van der Waals surface area contributed by atoms with Gasteiger partial charge < -0.3 is 9.47 Å². The van der Waals surface area contributed by atoms with Crippen LogP contribution in [-0.2, 0) is 10.0 Å². The first-order chi connectivity index (χ1) is 10.7. The van der Waals surface area contributed by atoms with Crippen LogP contribution < -0.4 is 13.8 Å². The second kappa shape index (κ2) is 4.88. The fourth-order valence-electron chi connectivity index (χ4n) is 2.45. The lowest BCUT2D eigenvalue weighted by molar-refractivity contribution is 0.174. The van der Waals surface area contributed by atoms with Crippen molar-refractivity contribution in [1.82, 2.24) is 4.98 Å². The normalized spacial score (nSPS) is 16.5. The van der Waals surface area contributed by atoms with Gasteiger partial charge in [0, 0.05) is 18.3 Å². The van der Waals surface area contributed by atoms with Crippen LogP contribution in [0.1, 0.15) is 12.8 Å². The van der Waals surface area contributed by atoms with Crippen molar-refractivity contribution in [3.05, 3.63) is 42.6 Å². The summed E-state index contributed by atoms with van der Waals surface area (Å²) in [6.45, 7) is 0.116. The molecule has 1 aliphatic carbocycles. The number of pyridine rings is 1. The summed E-state index contributed by atoms with van der Waals surface area (Å²) in [5, 5.41) is 0. The van der Waals surface area contributed by atoms with Gasteiger partial charge in [0.2, 0.25) is 6.79 Å². The fraction of sp³-hybridized carbons (Fsp3) is 0.267. The first-order valence-corrected chi connectivity index (χ1v) is 8.45. The molecule has 114 valence electrons. The van der Waals surface area contributed by atoms with Gasteiger partial charge in [0.05, 0.1) is 4.90 Å². The van der Waals surface area contributed by atoms with Gasteiger partial charge in [0.1, 0.15) is 5.82 Å². The minimum Gasteiger partial charge on any atom is -0.454 e. The number of benzene rings is 1. The second-order valence-electron chi connectivity index (χ2n) is 5.24. The van der Waals surface area contributed by atoms with Crippen molar-refractivity contribution in [3.8, 4) is 11.5 Å². The molecule has 22 heavy (non-hydrogen) atoms. The van der Waals surface area contributed by atoms with Gasteiger partial charge in [0.25, 0.3) is 10.0 Å². The number of nitrogens with zero attached hydrogens (tertiary/aromatic N) is 2. The number of hydrogen-bond donors (Lipinski definition) is 0. The minimum atomic E-state index is -3.68. The van der Waals surface area contributed by atoms with Crippen LogP contribution in [0.3, 0.4) is 0 Å². The summed E-state index contributed by atoms with van der Waals surface area (Å²) in [6, 6.07) is 9.92. The van der Waals surface area contributed by atoms with E-state index in [0.29, 0.717) is 17.3 Å². The van der Waals surface area contributed by atoms with E-state index in [1.165, 1.54) is 10.4 Å². The predicted octanol–water partition coefficient (Wildman–Crippen LogP) is 2.17. The minimum absolute atomic E-state index is 0.0228. The standard InChI is InChI=1S/C15H14N2O4S/c18-22(19,12-6-7-13-14(9-12)21-10-20-13)17(11-4-5-11)15-3-1-2-8-16-15/h1-3,6-9,11H,4-5,10H2. The largest absolute Gasteiger partial charge is 0.454 e. The third-order valence-electron chi connectivity index (χ3n) is 3.65. The zero-order chi connectivity index (χ0) is 15.2. The molecule has 1 aliphatic heterocycles. The van der Waals surface area contributed by atoms with Crippen LogP contribution in [0.5, 0.6) is 11.5 Å². The van der Waals surface area contributed by atoms with Crippen LogP contribution in [0.2, 0.25) is 0 Å². The Morgan fingerprint density at radius 2 is 1.91 bits per heavy atom. The van der Waals surface area contributed by atoms with E-state index in [-0.39, 0.29) is 17.7 Å². The van der Waals surface area contributed by atoms with Crippen LogP contribution in [0.25, 0.3) is 0 Å². The van der Waals surface area contributed by atoms with E-state index in [1.807, 2.05) is 0 Å². The van der Waals surface area contributed by atoms with Crippen LogP contribution in [0.4, 0.5) is 5.82 Å². The molecule has 0 unspecified atom stereocenters. The highest BCUT2D eigenvalue weighted by atomic mass is 32.2. The fourth-order valence-corrected chi connectivity index (χ4v) is 4.13. The van der Waals surface area contributed by atoms with E-state index in [9.17, 15) is 8.42 Å². The molecule has 0 spiro atoms. The SMILES string of the molecule is O=S(=O)(c1ccc2c(c1)OCO2)N(c1ccccn1)C1CC1. The van der Waals surface area contributed by atoms with E-state index >= 15 is 0 Å². The van der Waals surface area contributed by atoms with Gasteiger partial charge in [-0.3, -0.25) is 0 Å². The van der Waals surface area contributed by atoms with Crippen molar-refractivity contribution in [2.24, 2.45) is 0 Å². The average Bonchev–Trinajstić information content (AvgIpc) is 3.23. The monoisotopic (exact) mass is 318 g/mol. The zero-order valence-electron chi connectivity index (χ0n) is 11.7. The number of sulfonamides is 1. The molecule has 0 N–H and O–H groups in total. The quantitative estimate of drug-likeness (QED) is 0.864. The first kappa shape index (κ1) is 13.4. The Bertz CT molecular complexity index is 804.